The second-order valence-electron chi connectivity index (χ2n) is 6.08. The van der Waals surface area contributed by atoms with Gasteiger partial charge in [-0.05, 0) is 44.1 Å². The molecule has 0 heterocycles. The van der Waals surface area contributed by atoms with Gasteiger partial charge in [0.2, 0.25) is 0 Å². The van der Waals surface area contributed by atoms with E-state index in [0.29, 0.717) is 18.4 Å². The van der Waals surface area contributed by atoms with Crippen molar-refractivity contribution in [3.05, 3.63) is 29.3 Å². The molecule has 2 heteroatoms. The molecule has 1 fully saturated rings. The van der Waals surface area contributed by atoms with Gasteiger partial charge >= 0.3 is 0 Å². The normalized spacial score (nSPS) is 18.8. The summed E-state index contributed by atoms with van der Waals surface area (Å²) in [5.74, 6) is 1.76. The number of aliphatic hydroxyl groups is 1. The first-order chi connectivity index (χ1) is 8.43. The minimum atomic E-state index is -0.752. The molecule has 0 aliphatic heterocycles. The van der Waals surface area contributed by atoms with Crippen molar-refractivity contribution in [1.29, 1.82) is 0 Å². The molecular weight excluding hydrogens is 224 g/mol. The first-order valence-electron chi connectivity index (χ1n) is 6.88. The lowest BCUT2D eigenvalue weighted by Crippen LogP contribution is -2.25. The summed E-state index contributed by atoms with van der Waals surface area (Å²) >= 11 is 0. The van der Waals surface area contributed by atoms with Gasteiger partial charge in [-0.25, -0.2) is 0 Å². The Morgan fingerprint density at radius 3 is 2.61 bits per heavy atom. The molecule has 1 atom stereocenters. The molecule has 1 aliphatic carbocycles. The Hall–Kier alpha value is -1.02. The smallest absolute Gasteiger partial charge is 0.128 e. The van der Waals surface area contributed by atoms with Crippen LogP contribution in [-0.2, 0) is 5.60 Å². The summed E-state index contributed by atoms with van der Waals surface area (Å²) in [6, 6.07) is 6.05. The van der Waals surface area contributed by atoms with Gasteiger partial charge in [-0.1, -0.05) is 32.0 Å². The number of para-hydroxylation sites is 1. The number of hydrogen-bond acceptors (Lipinski definition) is 2. The molecule has 0 radical (unpaired) electrons. The summed E-state index contributed by atoms with van der Waals surface area (Å²) in [6.45, 7) is 8.93. The van der Waals surface area contributed by atoms with E-state index in [4.69, 9.17) is 4.74 Å². The van der Waals surface area contributed by atoms with Crippen molar-refractivity contribution in [2.45, 2.75) is 46.1 Å². The molecular formula is C16H24O2. The highest BCUT2D eigenvalue weighted by atomic mass is 16.5. The van der Waals surface area contributed by atoms with E-state index in [1.165, 1.54) is 0 Å². The van der Waals surface area contributed by atoms with Crippen LogP contribution < -0.4 is 4.74 Å². The van der Waals surface area contributed by atoms with Gasteiger partial charge in [-0.2, -0.15) is 0 Å². The molecule has 0 saturated heterocycles. The Labute approximate surface area is 110 Å². The highest BCUT2D eigenvalue weighted by molar-refractivity contribution is 5.44. The molecule has 0 aromatic heterocycles. The number of ether oxygens (including phenoxy) is 1. The fourth-order valence-electron chi connectivity index (χ4n) is 2.36. The lowest BCUT2D eigenvalue weighted by atomic mass is 9.89. The van der Waals surface area contributed by atoms with Gasteiger partial charge in [0.25, 0.3) is 0 Å². The summed E-state index contributed by atoms with van der Waals surface area (Å²) in [7, 11) is 0. The molecule has 1 aromatic carbocycles. The Kier molecular flexibility index (Phi) is 3.67. The van der Waals surface area contributed by atoms with Gasteiger partial charge in [0, 0.05) is 5.56 Å². The SMILES string of the molecule is Cc1cccc(C(C)(O)C2CC2)c1OCC(C)C. The van der Waals surface area contributed by atoms with E-state index in [1.807, 2.05) is 32.0 Å². The number of rotatable bonds is 5. The largest absolute Gasteiger partial charge is 0.493 e. The number of benzene rings is 1. The number of aryl methyl sites for hydroxylation is 1. The van der Waals surface area contributed by atoms with Crippen LogP contribution in [0, 0.1) is 18.8 Å². The van der Waals surface area contributed by atoms with E-state index < -0.39 is 5.60 Å². The highest BCUT2D eigenvalue weighted by Gasteiger charge is 2.43. The van der Waals surface area contributed by atoms with E-state index in [1.54, 1.807) is 0 Å². The molecule has 18 heavy (non-hydrogen) atoms. The van der Waals surface area contributed by atoms with E-state index in [9.17, 15) is 5.11 Å². The quantitative estimate of drug-likeness (QED) is 0.862. The third kappa shape index (κ3) is 2.69. The minimum absolute atomic E-state index is 0.390. The van der Waals surface area contributed by atoms with Gasteiger partial charge in [-0.3, -0.25) is 0 Å². The van der Waals surface area contributed by atoms with E-state index in [2.05, 4.69) is 13.8 Å². The van der Waals surface area contributed by atoms with Crippen LogP contribution in [-0.4, -0.2) is 11.7 Å². The minimum Gasteiger partial charge on any atom is -0.493 e. The van der Waals surface area contributed by atoms with Gasteiger partial charge < -0.3 is 9.84 Å². The van der Waals surface area contributed by atoms with Crippen LogP contribution in [0.4, 0.5) is 0 Å². The second kappa shape index (κ2) is 4.93. The Balaban J connectivity index is 2.31. The zero-order chi connectivity index (χ0) is 13.3. The maximum Gasteiger partial charge on any atom is 0.128 e. The first-order valence-corrected chi connectivity index (χ1v) is 6.88. The number of hydrogen-bond donors (Lipinski definition) is 1. The standard InChI is InChI=1S/C16H24O2/c1-11(2)10-18-15-12(3)6-5-7-14(15)16(4,17)13-8-9-13/h5-7,11,13,17H,8-10H2,1-4H3. The molecule has 1 aliphatic rings. The lowest BCUT2D eigenvalue weighted by Gasteiger charge is -2.27. The fraction of sp³-hybridized carbons (Fsp3) is 0.625. The third-order valence-electron chi connectivity index (χ3n) is 3.69. The maximum atomic E-state index is 10.7. The van der Waals surface area contributed by atoms with Crippen molar-refractivity contribution in [2.24, 2.45) is 11.8 Å². The molecule has 1 saturated carbocycles. The Morgan fingerprint density at radius 1 is 1.39 bits per heavy atom. The molecule has 0 amide bonds. The molecule has 1 unspecified atom stereocenters. The van der Waals surface area contributed by atoms with Crippen LogP contribution in [0.1, 0.15) is 44.7 Å². The Morgan fingerprint density at radius 2 is 2.06 bits per heavy atom. The molecule has 100 valence electrons. The topological polar surface area (TPSA) is 29.5 Å². The highest BCUT2D eigenvalue weighted by Crippen LogP contribution is 2.48. The zero-order valence-electron chi connectivity index (χ0n) is 11.9. The predicted octanol–water partition coefficient (Wildman–Crippen LogP) is 3.65. The first kappa shape index (κ1) is 13.4. The molecule has 2 nitrogen and oxygen atoms in total. The van der Waals surface area contributed by atoms with Crippen molar-refractivity contribution in [3.63, 3.8) is 0 Å². The maximum absolute atomic E-state index is 10.7. The second-order valence-corrected chi connectivity index (χ2v) is 6.08. The zero-order valence-corrected chi connectivity index (χ0v) is 11.9. The van der Waals surface area contributed by atoms with Gasteiger partial charge in [0.15, 0.2) is 0 Å². The molecule has 0 spiro atoms. The van der Waals surface area contributed by atoms with Crippen LogP contribution in [0.15, 0.2) is 18.2 Å². The van der Waals surface area contributed by atoms with Crippen LogP contribution >= 0.6 is 0 Å². The van der Waals surface area contributed by atoms with Gasteiger partial charge in [0.05, 0.1) is 12.2 Å². The van der Waals surface area contributed by atoms with Crippen molar-refractivity contribution in [3.8, 4) is 5.75 Å². The van der Waals surface area contributed by atoms with Crippen molar-refractivity contribution >= 4 is 0 Å². The van der Waals surface area contributed by atoms with Crippen LogP contribution in [0.25, 0.3) is 0 Å². The van der Waals surface area contributed by atoms with Crippen molar-refractivity contribution in [2.75, 3.05) is 6.61 Å². The van der Waals surface area contributed by atoms with Crippen LogP contribution in [0.2, 0.25) is 0 Å². The van der Waals surface area contributed by atoms with Crippen LogP contribution in [0.5, 0.6) is 5.75 Å². The summed E-state index contributed by atoms with van der Waals surface area (Å²) in [5.41, 5.74) is 1.30. The Bertz CT molecular complexity index is 417. The van der Waals surface area contributed by atoms with Gasteiger partial charge in [0.1, 0.15) is 5.75 Å². The molecule has 1 aromatic rings. The molecule has 0 bridgehead atoms. The van der Waals surface area contributed by atoms with E-state index in [-0.39, 0.29) is 0 Å². The van der Waals surface area contributed by atoms with E-state index >= 15 is 0 Å². The van der Waals surface area contributed by atoms with Crippen molar-refractivity contribution in [1.82, 2.24) is 0 Å². The average Bonchev–Trinajstić information content (AvgIpc) is 3.10. The predicted molar refractivity (Wildman–Crippen MR) is 73.8 cm³/mol. The molecule has 2 rings (SSSR count). The fourth-order valence-corrected chi connectivity index (χ4v) is 2.36. The summed E-state index contributed by atoms with van der Waals surface area (Å²) in [6.07, 6.45) is 2.23. The summed E-state index contributed by atoms with van der Waals surface area (Å²) in [4.78, 5) is 0. The lowest BCUT2D eigenvalue weighted by molar-refractivity contribution is 0.0296. The molecule has 1 N–H and O–H groups in total. The summed E-state index contributed by atoms with van der Waals surface area (Å²) < 4.78 is 5.93. The van der Waals surface area contributed by atoms with Crippen molar-refractivity contribution < 1.29 is 9.84 Å². The third-order valence-corrected chi connectivity index (χ3v) is 3.69. The van der Waals surface area contributed by atoms with Crippen LogP contribution in [0.3, 0.4) is 0 Å². The summed E-state index contributed by atoms with van der Waals surface area (Å²) in [5, 5.41) is 10.7. The van der Waals surface area contributed by atoms with Gasteiger partial charge in [-0.15, -0.1) is 0 Å². The van der Waals surface area contributed by atoms with E-state index in [0.717, 1.165) is 29.7 Å². The average molecular weight is 248 g/mol. The monoisotopic (exact) mass is 248 g/mol.